The zero-order chi connectivity index (χ0) is 28.3. The fraction of sp³-hybridized carbons (Fsp3) is 0.467. The molecule has 2 unspecified atom stereocenters. The van der Waals surface area contributed by atoms with Gasteiger partial charge >= 0.3 is 0 Å². The third-order valence-electron chi connectivity index (χ3n) is 7.78. The Morgan fingerprint density at radius 1 is 1.23 bits per heavy atom. The highest BCUT2D eigenvalue weighted by atomic mass is 35.5. The molecule has 8 nitrogen and oxygen atoms in total. The summed E-state index contributed by atoms with van der Waals surface area (Å²) in [7, 11) is 2.13. The van der Waals surface area contributed by atoms with Gasteiger partial charge in [0, 0.05) is 36.3 Å². The van der Waals surface area contributed by atoms with E-state index >= 15 is 0 Å². The van der Waals surface area contributed by atoms with E-state index in [1.807, 2.05) is 10.6 Å². The van der Waals surface area contributed by atoms with Crippen LogP contribution in [-0.4, -0.2) is 57.3 Å². The topological polar surface area (TPSA) is 94.3 Å². The van der Waals surface area contributed by atoms with Gasteiger partial charge in [0.2, 0.25) is 11.9 Å². The molecule has 0 aliphatic carbocycles. The fourth-order valence-electron chi connectivity index (χ4n) is 5.13. The lowest BCUT2D eigenvalue weighted by molar-refractivity contribution is -0.131. The highest BCUT2D eigenvalue weighted by Crippen LogP contribution is 2.32. The maximum Gasteiger partial charge on any atom is 0.257 e. The summed E-state index contributed by atoms with van der Waals surface area (Å²) in [6.45, 7) is 10.8. The molecule has 2 atom stereocenters. The van der Waals surface area contributed by atoms with Crippen LogP contribution in [0.25, 0.3) is 11.0 Å². The molecule has 4 rings (SSSR count). The van der Waals surface area contributed by atoms with E-state index in [0.717, 1.165) is 36.0 Å². The number of benzene rings is 2. The molecule has 0 radical (unpaired) electrons. The van der Waals surface area contributed by atoms with Gasteiger partial charge in [-0.1, -0.05) is 38.4 Å². The lowest BCUT2D eigenvalue weighted by Crippen LogP contribution is -2.40. The van der Waals surface area contributed by atoms with Gasteiger partial charge in [-0.25, -0.2) is 4.98 Å². The predicted octanol–water partition coefficient (Wildman–Crippen LogP) is 5.89. The largest absolute Gasteiger partial charge is 0.340 e. The first-order valence-corrected chi connectivity index (χ1v) is 13.8. The van der Waals surface area contributed by atoms with Crippen LogP contribution in [-0.2, 0) is 11.3 Å². The van der Waals surface area contributed by atoms with E-state index in [1.165, 1.54) is 0 Å². The van der Waals surface area contributed by atoms with Crippen molar-refractivity contribution in [1.82, 2.24) is 19.4 Å². The maximum atomic E-state index is 13.2. The van der Waals surface area contributed by atoms with E-state index < -0.39 is 0 Å². The number of halogens is 1. The lowest BCUT2D eigenvalue weighted by Gasteiger charge is -2.35. The van der Waals surface area contributed by atoms with Crippen LogP contribution in [0.4, 0.5) is 5.95 Å². The van der Waals surface area contributed by atoms with Crippen LogP contribution in [0.3, 0.4) is 0 Å². The number of aromatic nitrogens is 2. The maximum absolute atomic E-state index is 13.2. The van der Waals surface area contributed by atoms with Crippen molar-refractivity contribution in [2.24, 2.45) is 5.41 Å². The SMILES string of the molecule is CC(N(C)Cc1ccc2c(c1)nc(NC(=O)c1ccc(Cl)cc1)n2C1CCCN(C(=O)CC#N)C1)C(C)(C)C. The van der Waals surface area contributed by atoms with Crippen LogP contribution < -0.4 is 5.32 Å². The molecule has 206 valence electrons. The number of rotatable bonds is 7. The third kappa shape index (κ3) is 6.60. The Balaban J connectivity index is 1.69. The minimum Gasteiger partial charge on any atom is -0.340 e. The molecule has 9 heteroatoms. The van der Waals surface area contributed by atoms with E-state index in [-0.39, 0.29) is 29.7 Å². The number of nitrogens with zero attached hydrogens (tertiary/aromatic N) is 5. The summed E-state index contributed by atoms with van der Waals surface area (Å²) in [5.41, 5.74) is 3.45. The van der Waals surface area contributed by atoms with Crippen LogP contribution in [0.15, 0.2) is 42.5 Å². The van der Waals surface area contributed by atoms with Crippen LogP contribution in [0.2, 0.25) is 5.02 Å². The highest BCUT2D eigenvalue weighted by Gasteiger charge is 2.29. The summed E-state index contributed by atoms with van der Waals surface area (Å²) in [5.74, 6) is -0.00911. The number of likely N-dealkylation sites (tertiary alicyclic amines) is 1. The second-order valence-electron chi connectivity index (χ2n) is 11.5. The Kier molecular flexibility index (Phi) is 8.63. The fourth-order valence-corrected chi connectivity index (χ4v) is 5.26. The number of amides is 2. The first kappa shape index (κ1) is 28.6. The van der Waals surface area contributed by atoms with Crippen molar-refractivity contribution < 1.29 is 9.59 Å². The Morgan fingerprint density at radius 3 is 2.62 bits per heavy atom. The molecule has 2 aromatic carbocycles. The van der Waals surface area contributed by atoms with E-state index in [9.17, 15) is 9.59 Å². The molecule has 1 aromatic heterocycles. The van der Waals surface area contributed by atoms with Gasteiger partial charge in [-0.2, -0.15) is 5.26 Å². The molecule has 1 saturated heterocycles. The summed E-state index contributed by atoms with van der Waals surface area (Å²) >= 11 is 6.01. The molecule has 1 N–H and O–H groups in total. The molecule has 2 heterocycles. The van der Waals surface area contributed by atoms with Gasteiger partial charge < -0.3 is 9.47 Å². The van der Waals surface area contributed by atoms with Crippen molar-refractivity contribution in [3.05, 3.63) is 58.6 Å². The number of hydrogen-bond donors (Lipinski definition) is 1. The van der Waals surface area contributed by atoms with Crippen molar-refractivity contribution in [3.8, 4) is 6.07 Å². The van der Waals surface area contributed by atoms with Crippen LogP contribution in [0, 0.1) is 16.7 Å². The van der Waals surface area contributed by atoms with Gasteiger partial charge in [-0.3, -0.25) is 19.8 Å². The molecular formula is C30H37ClN6O2. The van der Waals surface area contributed by atoms with Gasteiger partial charge in [0.25, 0.3) is 5.91 Å². The first-order chi connectivity index (χ1) is 18.5. The molecule has 0 spiro atoms. The number of hydrogen-bond acceptors (Lipinski definition) is 5. The molecule has 1 aliphatic heterocycles. The zero-order valence-electron chi connectivity index (χ0n) is 23.4. The Hall–Kier alpha value is -3.41. The Labute approximate surface area is 235 Å². The molecule has 1 fully saturated rings. The Morgan fingerprint density at radius 2 is 1.95 bits per heavy atom. The molecule has 0 saturated carbocycles. The number of carbonyl (C=O) groups excluding carboxylic acids is 2. The van der Waals surface area contributed by atoms with Crippen molar-refractivity contribution in [1.29, 1.82) is 5.26 Å². The summed E-state index contributed by atoms with van der Waals surface area (Å²) in [4.78, 5) is 34.6. The second kappa shape index (κ2) is 11.8. The molecule has 0 bridgehead atoms. The van der Waals surface area contributed by atoms with E-state index in [0.29, 0.717) is 35.7 Å². The average molecular weight is 549 g/mol. The minimum atomic E-state index is -0.282. The standard InChI is InChI=1S/C30H37ClN6O2/c1-20(30(2,3)4)35(5)18-21-8-13-26-25(17-21)33-29(34-28(39)22-9-11-23(31)12-10-22)37(26)24-7-6-16-36(19-24)27(38)14-15-32/h8-13,17,20,24H,6-7,14,16,18-19H2,1-5H3,(H,33,34,39). The van der Waals surface area contributed by atoms with E-state index in [1.54, 1.807) is 29.2 Å². The van der Waals surface area contributed by atoms with Crippen molar-refractivity contribution >= 4 is 40.4 Å². The van der Waals surface area contributed by atoms with E-state index in [4.69, 9.17) is 21.8 Å². The zero-order valence-corrected chi connectivity index (χ0v) is 24.1. The molecular weight excluding hydrogens is 512 g/mol. The van der Waals surface area contributed by atoms with Crippen molar-refractivity contribution in [2.45, 2.75) is 65.6 Å². The molecule has 2 amide bonds. The van der Waals surface area contributed by atoms with Crippen LogP contribution in [0.1, 0.15) is 68.9 Å². The number of anilines is 1. The van der Waals surface area contributed by atoms with Crippen LogP contribution in [0.5, 0.6) is 0 Å². The normalized spacial score (nSPS) is 16.8. The number of nitriles is 1. The number of imidazole rings is 1. The van der Waals surface area contributed by atoms with Crippen molar-refractivity contribution in [3.63, 3.8) is 0 Å². The number of piperidine rings is 1. The third-order valence-corrected chi connectivity index (χ3v) is 8.03. The quantitative estimate of drug-likeness (QED) is 0.397. The van der Waals surface area contributed by atoms with Gasteiger partial charge in [0.15, 0.2) is 0 Å². The number of carbonyl (C=O) groups is 2. The second-order valence-corrected chi connectivity index (χ2v) is 12.0. The van der Waals surface area contributed by atoms with Gasteiger partial charge in [0.1, 0.15) is 6.42 Å². The summed E-state index contributed by atoms with van der Waals surface area (Å²) in [5, 5.41) is 12.6. The number of nitrogens with one attached hydrogen (secondary N) is 1. The van der Waals surface area contributed by atoms with Gasteiger partial charge in [0.05, 0.1) is 23.1 Å². The average Bonchev–Trinajstić information content (AvgIpc) is 3.25. The minimum absolute atomic E-state index is 0.0821. The van der Waals surface area contributed by atoms with E-state index in [2.05, 4.69) is 63.2 Å². The smallest absolute Gasteiger partial charge is 0.257 e. The predicted molar refractivity (Wildman–Crippen MR) is 155 cm³/mol. The highest BCUT2D eigenvalue weighted by molar-refractivity contribution is 6.30. The summed E-state index contributed by atoms with van der Waals surface area (Å²) in [6.07, 6.45) is 1.50. The molecule has 1 aliphatic rings. The van der Waals surface area contributed by atoms with Crippen molar-refractivity contribution in [2.75, 3.05) is 25.5 Å². The van der Waals surface area contributed by atoms with Gasteiger partial charge in [-0.05, 0) is 74.2 Å². The van der Waals surface area contributed by atoms with Gasteiger partial charge in [-0.15, -0.1) is 0 Å². The van der Waals surface area contributed by atoms with Crippen LogP contribution >= 0.6 is 11.6 Å². The molecule has 39 heavy (non-hydrogen) atoms. The molecule has 3 aromatic rings. The summed E-state index contributed by atoms with van der Waals surface area (Å²) < 4.78 is 2.04. The summed E-state index contributed by atoms with van der Waals surface area (Å²) in [6, 6.07) is 15.2. The monoisotopic (exact) mass is 548 g/mol. The Bertz CT molecular complexity index is 1390. The number of fused-ring (bicyclic) bond motifs is 1. The first-order valence-electron chi connectivity index (χ1n) is 13.4. The lowest BCUT2D eigenvalue weighted by atomic mass is 9.87.